The van der Waals surface area contributed by atoms with Crippen LogP contribution in [-0.2, 0) is 6.18 Å². The number of alkyl halides is 3. The fourth-order valence-electron chi connectivity index (χ4n) is 3.43. The smallest absolute Gasteiger partial charge is 0.434 e. The van der Waals surface area contributed by atoms with Gasteiger partial charge in [0.15, 0.2) is 17.3 Å². The minimum Gasteiger partial charge on any atom is -0.486 e. The first-order valence-electron chi connectivity index (χ1n) is 9.56. The lowest BCUT2D eigenvalue weighted by Crippen LogP contribution is -2.41. The molecule has 0 saturated heterocycles. The number of hydrogen-bond donors (Lipinski definition) is 2. The van der Waals surface area contributed by atoms with E-state index in [1.807, 2.05) is 13.8 Å². The third kappa shape index (κ3) is 4.37. The normalized spacial score (nSPS) is 15.8. The fraction of sp³-hybridized carbons (Fsp3) is 0.333. The number of fused-ring (bicyclic) bond motifs is 1. The van der Waals surface area contributed by atoms with Crippen LogP contribution in [-0.4, -0.2) is 33.3 Å². The van der Waals surface area contributed by atoms with Gasteiger partial charge in [-0.05, 0) is 43.2 Å². The van der Waals surface area contributed by atoms with Gasteiger partial charge in [0.2, 0.25) is 0 Å². The Morgan fingerprint density at radius 2 is 2.00 bits per heavy atom. The molecule has 1 aromatic carbocycles. The van der Waals surface area contributed by atoms with Crippen molar-refractivity contribution >= 4 is 17.5 Å². The Morgan fingerprint density at radius 1 is 1.29 bits per heavy atom. The number of ketones is 1. The number of pyridine rings is 1. The van der Waals surface area contributed by atoms with Gasteiger partial charge in [-0.3, -0.25) is 14.6 Å². The van der Waals surface area contributed by atoms with Crippen LogP contribution in [0.5, 0.6) is 5.75 Å². The third-order valence-corrected chi connectivity index (χ3v) is 5.31. The molecule has 0 saturated carbocycles. The second-order valence-electron chi connectivity index (χ2n) is 7.10. The highest BCUT2D eigenvalue weighted by Crippen LogP contribution is 2.37. The molecule has 1 aromatic heterocycles. The molecule has 164 valence electrons. The first-order chi connectivity index (χ1) is 14.6. The summed E-state index contributed by atoms with van der Waals surface area (Å²) in [5.74, 6) is -1.43. The maximum Gasteiger partial charge on any atom is 0.434 e. The Kier molecular flexibility index (Phi) is 6.01. The summed E-state index contributed by atoms with van der Waals surface area (Å²) in [5.41, 5.74) is -2.22. The van der Waals surface area contributed by atoms with Gasteiger partial charge in [-0.1, -0.05) is 19.0 Å². The molecule has 2 N–H and O–H groups in total. The first kappa shape index (κ1) is 22.3. The average Bonchev–Trinajstić information content (AvgIpc) is 2.76. The van der Waals surface area contributed by atoms with Crippen LogP contribution in [0.4, 0.5) is 13.2 Å². The summed E-state index contributed by atoms with van der Waals surface area (Å²) in [4.78, 5) is 28.4. The molecule has 2 heterocycles. The number of hydrogen-bond acceptors (Lipinski definition) is 6. The van der Waals surface area contributed by atoms with Crippen molar-refractivity contribution in [3.05, 3.63) is 58.9 Å². The highest BCUT2D eigenvalue weighted by Gasteiger charge is 2.39. The van der Waals surface area contributed by atoms with Gasteiger partial charge < -0.3 is 15.3 Å². The van der Waals surface area contributed by atoms with E-state index in [0.29, 0.717) is 18.4 Å². The number of oxime groups is 1. The molecule has 0 fully saturated rings. The Bertz CT molecular complexity index is 1050. The number of aromatic nitrogens is 1. The number of nitrogens with zero attached hydrogens (tertiary/aromatic N) is 2. The second kappa shape index (κ2) is 8.37. The number of carbonyl (C=O) groups is 2. The molecular weight excluding hydrogens is 415 g/mol. The van der Waals surface area contributed by atoms with Gasteiger partial charge in [-0.2, -0.15) is 13.2 Å². The molecule has 1 aliphatic heterocycles. The Balaban J connectivity index is 1.91. The largest absolute Gasteiger partial charge is 0.486 e. The lowest BCUT2D eigenvalue weighted by molar-refractivity contribution is -0.141. The van der Waals surface area contributed by atoms with Crippen LogP contribution in [0, 0.1) is 0 Å². The van der Waals surface area contributed by atoms with Gasteiger partial charge in [0.25, 0.3) is 5.91 Å². The molecule has 0 aliphatic carbocycles. The SMILES string of the molecule is CCC1(CC)CC(=O)c2ccc(C(=O)N/C(=N/O)c3cccnc3C(F)(F)F)cc2O1. The zero-order valence-electron chi connectivity index (χ0n) is 16.8. The van der Waals surface area contributed by atoms with E-state index >= 15 is 0 Å². The highest BCUT2D eigenvalue weighted by molar-refractivity contribution is 6.13. The van der Waals surface area contributed by atoms with Crippen LogP contribution in [0.15, 0.2) is 41.7 Å². The standard InChI is InChI=1S/C21H20F3N3O4/c1-3-20(4-2)11-15(28)13-8-7-12(10-16(13)31-20)19(29)26-18(27-30)14-6-5-9-25-17(14)21(22,23)24/h5-10,30H,3-4,11H2,1-2H3,(H,26,27,29). The van der Waals surface area contributed by atoms with Gasteiger partial charge in [-0.15, -0.1) is 0 Å². The van der Waals surface area contributed by atoms with E-state index < -0.39 is 34.8 Å². The number of halogens is 3. The predicted octanol–water partition coefficient (Wildman–Crippen LogP) is 4.19. The summed E-state index contributed by atoms with van der Waals surface area (Å²) in [6.45, 7) is 3.79. The fourth-order valence-corrected chi connectivity index (χ4v) is 3.43. The van der Waals surface area contributed by atoms with Crippen molar-refractivity contribution < 1.29 is 32.7 Å². The number of carbonyl (C=O) groups excluding carboxylic acids is 2. The number of rotatable bonds is 4. The summed E-state index contributed by atoms with van der Waals surface area (Å²) in [6.07, 6.45) is -2.47. The first-order valence-corrected chi connectivity index (χ1v) is 9.56. The number of amidine groups is 1. The van der Waals surface area contributed by atoms with Gasteiger partial charge in [0.1, 0.15) is 11.4 Å². The Labute approximate surface area is 175 Å². The zero-order chi connectivity index (χ0) is 22.8. The summed E-state index contributed by atoms with van der Waals surface area (Å²) in [5, 5.41) is 14.2. The molecule has 1 amide bonds. The number of Topliss-reactive ketones (excluding diaryl/α,β-unsaturated/α-hetero) is 1. The number of ether oxygens (including phenoxy) is 1. The van der Waals surface area contributed by atoms with Gasteiger partial charge >= 0.3 is 6.18 Å². The summed E-state index contributed by atoms with van der Waals surface area (Å²) in [7, 11) is 0. The van der Waals surface area contributed by atoms with Gasteiger partial charge in [0, 0.05) is 11.8 Å². The van der Waals surface area contributed by atoms with Crippen LogP contribution in [0.25, 0.3) is 0 Å². The summed E-state index contributed by atoms with van der Waals surface area (Å²) >= 11 is 0. The lowest BCUT2D eigenvalue weighted by Gasteiger charge is -2.36. The van der Waals surface area contributed by atoms with Crippen molar-refractivity contribution in [2.45, 2.75) is 44.9 Å². The third-order valence-electron chi connectivity index (χ3n) is 5.31. The molecule has 31 heavy (non-hydrogen) atoms. The van der Waals surface area contributed by atoms with Crippen molar-refractivity contribution in [2.24, 2.45) is 5.16 Å². The number of benzene rings is 1. The van der Waals surface area contributed by atoms with E-state index in [4.69, 9.17) is 4.74 Å². The zero-order valence-corrected chi connectivity index (χ0v) is 16.8. The molecule has 7 nitrogen and oxygen atoms in total. The van der Waals surface area contributed by atoms with Gasteiger partial charge in [0.05, 0.1) is 17.5 Å². The number of nitrogens with one attached hydrogen (secondary N) is 1. The molecule has 10 heteroatoms. The second-order valence-corrected chi connectivity index (χ2v) is 7.10. The number of amides is 1. The molecule has 0 atom stereocenters. The maximum absolute atomic E-state index is 13.2. The molecule has 0 radical (unpaired) electrons. The monoisotopic (exact) mass is 435 g/mol. The van der Waals surface area contributed by atoms with Crippen molar-refractivity contribution in [3.63, 3.8) is 0 Å². The molecule has 0 spiro atoms. The van der Waals surface area contributed by atoms with E-state index in [1.165, 1.54) is 24.3 Å². The molecule has 1 aliphatic rings. The van der Waals surface area contributed by atoms with Crippen LogP contribution < -0.4 is 10.1 Å². The molecule has 3 rings (SSSR count). The highest BCUT2D eigenvalue weighted by atomic mass is 19.4. The lowest BCUT2D eigenvalue weighted by atomic mass is 9.85. The van der Waals surface area contributed by atoms with Crippen molar-refractivity contribution in [1.29, 1.82) is 0 Å². The Hall–Kier alpha value is -3.43. The van der Waals surface area contributed by atoms with Crippen molar-refractivity contribution in [2.75, 3.05) is 0 Å². The van der Waals surface area contributed by atoms with Crippen molar-refractivity contribution in [3.8, 4) is 5.75 Å². The summed E-state index contributed by atoms with van der Waals surface area (Å²) < 4.78 is 45.7. The predicted molar refractivity (Wildman–Crippen MR) is 104 cm³/mol. The van der Waals surface area contributed by atoms with Gasteiger partial charge in [-0.25, -0.2) is 0 Å². The van der Waals surface area contributed by atoms with E-state index in [2.05, 4.69) is 15.5 Å². The van der Waals surface area contributed by atoms with E-state index in [0.717, 1.165) is 12.3 Å². The van der Waals surface area contributed by atoms with Crippen LogP contribution in [0.1, 0.15) is 65.1 Å². The molecular formula is C21H20F3N3O4. The molecule has 0 unspecified atom stereocenters. The topological polar surface area (TPSA) is 101 Å². The van der Waals surface area contributed by atoms with Crippen LogP contribution in [0.2, 0.25) is 0 Å². The van der Waals surface area contributed by atoms with Crippen LogP contribution in [0.3, 0.4) is 0 Å². The summed E-state index contributed by atoms with van der Waals surface area (Å²) in [6, 6.07) is 6.38. The van der Waals surface area contributed by atoms with E-state index in [9.17, 15) is 28.0 Å². The minimum absolute atomic E-state index is 0.0214. The van der Waals surface area contributed by atoms with E-state index in [1.54, 1.807) is 0 Å². The molecule has 2 aromatic rings. The van der Waals surface area contributed by atoms with E-state index in [-0.39, 0.29) is 23.5 Å². The Morgan fingerprint density at radius 3 is 2.61 bits per heavy atom. The molecule has 0 bridgehead atoms. The average molecular weight is 435 g/mol. The maximum atomic E-state index is 13.2. The van der Waals surface area contributed by atoms with Crippen LogP contribution >= 0.6 is 0 Å². The van der Waals surface area contributed by atoms with Crippen molar-refractivity contribution in [1.82, 2.24) is 10.3 Å². The minimum atomic E-state index is -4.82. The quantitative estimate of drug-likeness (QED) is 0.325.